The van der Waals surface area contributed by atoms with E-state index < -0.39 is 9.84 Å². The second-order valence-corrected chi connectivity index (χ2v) is 10.3. The number of hydrogen-bond acceptors (Lipinski definition) is 6. The van der Waals surface area contributed by atoms with Crippen LogP contribution in [0.4, 0.5) is 0 Å². The third kappa shape index (κ3) is 5.49. The van der Waals surface area contributed by atoms with Crippen LogP contribution in [0.2, 0.25) is 0 Å². The van der Waals surface area contributed by atoms with Crippen molar-refractivity contribution in [2.75, 3.05) is 31.8 Å². The normalized spacial score (nSPS) is 18.8. The summed E-state index contributed by atoms with van der Waals surface area (Å²) in [4.78, 5) is 19.1. The van der Waals surface area contributed by atoms with Crippen molar-refractivity contribution < 1.29 is 17.9 Å². The molecule has 1 aliphatic rings. The van der Waals surface area contributed by atoms with Crippen LogP contribution in [0.25, 0.3) is 10.2 Å². The number of benzene rings is 1. The molecule has 2 heterocycles. The molecule has 8 heteroatoms. The summed E-state index contributed by atoms with van der Waals surface area (Å²) in [6.45, 7) is 1.11. The predicted octanol–water partition coefficient (Wildman–Crippen LogP) is 2.67. The van der Waals surface area contributed by atoms with Gasteiger partial charge in [-0.1, -0.05) is 12.1 Å². The average molecular weight is 411 g/mol. The van der Waals surface area contributed by atoms with Crippen LogP contribution in [0, 0.1) is 0 Å². The summed E-state index contributed by atoms with van der Waals surface area (Å²) in [5, 5.41) is 1.04. The van der Waals surface area contributed by atoms with Gasteiger partial charge in [0.05, 0.1) is 26.7 Å². The number of rotatable bonds is 9. The highest BCUT2D eigenvalue weighted by Crippen LogP contribution is 2.23. The van der Waals surface area contributed by atoms with E-state index >= 15 is 0 Å². The Labute approximate surface area is 164 Å². The Hall–Kier alpha value is -1.51. The SMILES string of the molecule is COCCCN(C(=O)CCCc1nc2ccccc2s1)C1CCS(=O)(=O)C1. The summed E-state index contributed by atoms with van der Waals surface area (Å²) >= 11 is 1.67. The van der Waals surface area contributed by atoms with Crippen molar-refractivity contribution in [3.63, 3.8) is 0 Å². The number of methoxy groups -OCH3 is 1. The smallest absolute Gasteiger partial charge is 0.222 e. The molecule has 0 aliphatic carbocycles. The standard InChI is InChI=1S/C19H26N2O4S2/c1-25-12-5-11-21(15-10-13-27(23,24)14-15)19(22)9-4-8-18-20-16-6-2-3-7-17(16)26-18/h2-3,6-7,15H,4-5,8-14H2,1H3. The molecule has 0 radical (unpaired) electrons. The molecule has 1 aromatic heterocycles. The van der Waals surface area contributed by atoms with Gasteiger partial charge in [-0.15, -0.1) is 11.3 Å². The Kier molecular flexibility index (Phi) is 6.83. The molecule has 3 rings (SSSR count). The Morgan fingerprint density at radius 2 is 2.15 bits per heavy atom. The second kappa shape index (κ2) is 9.12. The topological polar surface area (TPSA) is 76.6 Å². The van der Waals surface area contributed by atoms with Gasteiger partial charge in [0.2, 0.25) is 5.91 Å². The van der Waals surface area contributed by atoms with Crippen molar-refractivity contribution in [3.05, 3.63) is 29.3 Å². The number of thiazole rings is 1. The van der Waals surface area contributed by atoms with Gasteiger partial charge in [-0.3, -0.25) is 4.79 Å². The first-order valence-electron chi connectivity index (χ1n) is 9.32. The van der Waals surface area contributed by atoms with Crippen molar-refractivity contribution >= 4 is 37.3 Å². The van der Waals surface area contributed by atoms with E-state index in [9.17, 15) is 13.2 Å². The van der Waals surface area contributed by atoms with Crippen LogP contribution in [0.15, 0.2) is 24.3 Å². The molecule has 2 aromatic rings. The van der Waals surface area contributed by atoms with Gasteiger partial charge >= 0.3 is 0 Å². The molecule has 1 aliphatic heterocycles. The number of hydrogen-bond donors (Lipinski definition) is 0. The fourth-order valence-electron chi connectivity index (χ4n) is 3.47. The van der Waals surface area contributed by atoms with E-state index in [4.69, 9.17) is 4.74 Å². The van der Waals surface area contributed by atoms with E-state index in [1.54, 1.807) is 23.3 Å². The first-order valence-corrected chi connectivity index (χ1v) is 12.0. The number of fused-ring (bicyclic) bond motifs is 1. The van der Waals surface area contributed by atoms with E-state index in [-0.39, 0.29) is 23.5 Å². The summed E-state index contributed by atoms with van der Waals surface area (Å²) in [5.41, 5.74) is 1.00. The number of carbonyl (C=O) groups excluding carboxylic acids is 1. The maximum Gasteiger partial charge on any atom is 0.222 e. The molecule has 1 atom stereocenters. The van der Waals surface area contributed by atoms with Crippen LogP contribution >= 0.6 is 11.3 Å². The minimum atomic E-state index is -3.02. The minimum Gasteiger partial charge on any atom is -0.385 e. The van der Waals surface area contributed by atoms with E-state index in [1.807, 2.05) is 18.2 Å². The number of ether oxygens (including phenoxy) is 1. The number of aromatic nitrogens is 1. The molecule has 6 nitrogen and oxygen atoms in total. The summed E-state index contributed by atoms with van der Waals surface area (Å²) in [6, 6.07) is 7.84. The minimum absolute atomic E-state index is 0.0364. The highest BCUT2D eigenvalue weighted by atomic mass is 32.2. The summed E-state index contributed by atoms with van der Waals surface area (Å²) in [5.74, 6) is 0.301. The first kappa shape index (κ1) is 20.2. The molecule has 1 amide bonds. The van der Waals surface area contributed by atoms with Crippen molar-refractivity contribution in [2.24, 2.45) is 0 Å². The van der Waals surface area contributed by atoms with E-state index in [0.717, 1.165) is 34.5 Å². The average Bonchev–Trinajstić information content (AvgIpc) is 3.21. The van der Waals surface area contributed by atoms with Crippen LogP contribution in [0.3, 0.4) is 0 Å². The van der Waals surface area contributed by atoms with Gasteiger partial charge in [0.1, 0.15) is 0 Å². The number of amides is 1. The molecule has 1 fully saturated rings. The van der Waals surface area contributed by atoms with E-state index in [1.165, 1.54) is 0 Å². The maximum absolute atomic E-state index is 12.8. The van der Waals surface area contributed by atoms with Crippen LogP contribution in [0.1, 0.15) is 30.7 Å². The molecule has 0 spiro atoms. The fourth-order valence-corrected chi connectivity index (χ4v) is 6.21. The lowest BCUT2D eigenvalue weighted by Crippen LogP contribution is -2.42. The maximum atomic E-state index is 12.8. The highest BCUT2D eigenvalue weighted by Gasteiger charge is 2.34. The lowest BCUT2D eigenvalue weighted by Gasteiger charge is -2.28. The van der Waals surface area contributed by atoms with Gasteiger partial charge in [0, 0.05) is 32.7 Å². The van der Waals surface area contributed by atoms with Gasteiger partial charge in [-0.2, -0.15) is 0 Å². The Morgan fingerprint density at radius 3 is 2.85 bits per heavy atom. The molecule has 148 valence electrons. The monoisotopic (exact) mass is 410 g/mol. The number of para-hydroxylation sites is 1. The highest BCUT2D eigenvalue weighted by molar-refractivity contribution is 7.91. The third-order valence-corrected chi connectivity index (χ3v) is 7.68. The Bertz CT molecular complexity index is 846. The molecule has 1 unspecified atom stereocenters. The number of nitrogens with zero attached hydrogens (tertiary/aromatic N) is 2. The largest absolute Gasteiger partial charge is 0.385 e. The van der Waals surface area contributed by atoms with Gasteiger partial charge in [0.25, 0.3) is 0 Å². The van der Waals surface area contributed by atoms with Crippen molar-refractivity contribution in [1.82, 2.24) is 9.88 Å². The van der Waals surface area contributed by atoms with Crippen LogP contribution in [0.5, 0.6) is 0 Å². The lowest BCUT2D eigenvalue weighted by atomic mass is 10.1. The summed E-state index contributed by atoms with van der Waals surface area (Å²) in [6.07, 6.45) is 3.16. The number of carbonyl (C=O) groups is 1. The Balaban J connectivity index is 1.56. The van der Waals surface area contributed by atoms with Crippen LogP contribution < -0.4 is 0 Å². The molecule has 0 saturated carbocycles. The molecule has 1 saturated heterocycles. The number of sulfone groups is 1. The van der Waals surface area contributed by atoms with Crippen molar-refractivity contribution in [3.8, 4) is 0 Å². The van der Waals surface area contributed by atoms with Gasteiger partial charge in [-0.25, -0.2) is 13.4 Å². The molecule has 0 bridgehead atoms. The molecule has 27 heavy (non-hydrogen) atoms. The lowest BCUT2D eigenvalue weighted by molar-refractivity contribution is -0.133. The molecular weight excluding hydrogens is 384 g/mol. The fraction of sp³-hybridized carbons (Fsp3) is 0.579. The van der Waals surface area contributed by atoms with Crippen LogP contribution in [-0.4, -0.2) is 62.0 Å². The quantitative estimate of drug-likeness (QED) is 0.594. The summed E-state index contributed by atoms with van der Waals surface area (Å²) in [7, 11) is -1.39. The van der Waals surface area contributed by atoms with Gasteiger partial charge < -0.3 is 9.64 Å². The van der Waals surface area contributed by atoms with E-state index in [0.29, 0.717) is 26.0 Å². The van der Waals surface area contributed by atoms with Crippen LogP contribution in [-0.2, 0) is 25.8 Å². The van der Waals surface area contributed by atoms with Gasteiger partial charge in [0.15, 0.2) is 9.84 Å². The zero-order chi connectivity index (χ0) is 19.3. The van der Waals surface area contributed by atoms with Crippen molar-refractivity contribution in [1.29, 1.82) is 0 Å². The zero-order valence-corrected chi connectivity index (χ0v) is 17.2. The predicted molar refractivity (Wildman–Crippen MR) is 108 cm³/mol. The first-order chi connectivity index (χ1) is 13.0. The van der Waals surface area contributed by atoms with Gasteiger partial charge in [-0.05, 0) is 37.8 Å². The molecular formula is C19H26N2O4S2. The van der Waals surface area contributed by atoms with E-state index in [2.05, 4.69) is 11.1 Å². The van der Waals surface area contributed by atoms with Crippen molar-refractivity contribution in [2.45, 2.75) is 38.1 Å². The summed E-state index contributed by atoms with van der Waals surface area (Å²) < 4.78 is 29.9. The Morgan fingerprint density at radius 1 is 1.33 bits per heavy atom. The third-order valence-electron chi connectivity index (χ3n) is 4.84. The number of aryl methyl sites for hydroxylation is 1. The zero-order valence-electron chi connectivity index (χ0n) is 15.6. The molecule has 0 N–H and O–H groups in total. The molecule has 1 aromatic carbocycles. The second-order valence-electron chi connectivity index (χ2n) is 6.92.